The number of fused-ring (bicyclic) bond motifs is 1. The highest BCUT2D eigenvalue weighted by Gasteiger charge is 2.31. The van der Waals surface area contributed by atoms with Gasteiger partial charge in [0.1, 0.15) is 5.75 Å². The third kappa shape index (κ3) is 2.98. The van der Waals surface area contributed by atoms with Crippen molar-refractivity contribution in [2.24, 2.45) is 0 Å². The third-order valence-corrected chi connectivity index (χ3v) is 3.49. The van der Waals surface area contributed by atoms with Gasteiger partial charge in [-0.05, 0) is 41.8 Å². The smallest absolute Gasteiger partial charge is 0.406 e. The van der Waals surface area contributed by atoms with Crippen LogP contribution in [0.25, 0.3) is 0 Å². The first-order chi connectivity index (χ1) is 10.4. The molecule has 112 valence electrons. The first kappa shape index (κ1) is 14.3. The summed E-state index contributed by atoms with van der Waals surface area (Å²) in [5.74, 6) is -0.236. The molecule has 1 atom stereocenters. The topological polar surface area (TPSA) is 45.0 Å². The van der Waals surface area contributed by atoms with Crippen LogP contribution in [0.5, 0.6) is 5.75 Å². The molecule has 1 aliphatic heterocycles. The number of nitrogens with zero attached hydrogens (tertiary/aromatic N) is 1. The molecule has 1 aliphatic rings. The maximum atomic E-state index is 12.3. The molecule has 3 nitrogen and oxygen atoms in total. The van der Waals surface area contributed by atoms with Crippen molar-refractivity contribution in [2.45, 2.75) is 18.8 Å². The van der Waals surface area contributed by atoms with E-state index in [-0.39, 0.29) is 11.8 Å². The zero-order chi connectivity index (χ0) is 15.7. The molecule has 1 heterocycles. The predicted molar refractivity (Wildman–Crippen MR) is 74.3 cm³/mol. The fourth-order valence-electron chi connectivity index (χ4n) is 2.55. The van der Waals surface area contributed by atoms with Gasteiger partial charge < -0.3 is 10.1 Å². The average Bonchev–Trinajstić information content (AvgIpc) is 2.88. The Balaban J connectivity index is 1.82. The molecule has 1 N–H and O–H groups in total. The van der Waals surface area contributed by atoms with Crippen LogP contribution in [0.3, 0.4) is 0 Å². The number of alkyl halides is 3. The highest BCUT2D eigenvalue weighted by Crippen LogP contribution is 2.36. The minimum absolute atomic E-state index is 0.138. The molecule has 0 amide bonds. The zero-order valence-corrected chi connectivity index (χ0v) is 11.3. The van der Waals surface area contributed by atoms with Gasteiger partial charge in [0.2, 0.25) is 0 Å². The molecule has 3 rings (SSSR count). The monoisotopic (exact) mass is 304 g/mol. The number of nitrogens with one attached hydrogen (secondary N) is 1. The molecule has 2 aromatic rings. The van der Waals surface area contributed by atoms with Crippen LogP contribution in [0.1, 0.15) is 22.7 Å². The number of hydrogen-bond acceptors (Lipinski definition) is 3. The summed E-state index contributed by atoms with van der Waals surface area (Å²) >= 11 is 0. The minimum Gasteiger partial charge on any atom is -0.406 e. The molecule has 0 aromatic heterocycles. The fraction of sp³-hybridized carbons (Fsp3) is 0.188. The standard InChI is InChI=1S/C16H11F3N2O/c17-16(18,19)22-13-3-1-2-11(7-13)15-8-12-5-4-10(9-20)6-14(12)21-15/h1-7,15,21H,8H2. The second kappa shape index (κ2) is 5.26. The van der Waals surface area contributed by atoms with E-state index in [9.17, 15) is 13.2 Å². The van der Waals surface area contributed by atoms with E-state index in [0.29, 0.717) is 17.5 Å². The van der Waals surface area contributed by atoms with Gasteiger partial charge in [-0.25, -0.2) is 0 Å². The average molecular weight is 304 g/mol. The van der Waals surface area contributed by atoms with Gasteiger partial charge in [0, 0.05) is 5.69 Å². The van der Waals surface area contributed by atoms with Crippen LogP contribution in [0, 0.1) is 11.3 Å². The Labute approximate surface area is 124 Å². The van der Waals surface area contributed by atoms with E-state index >= 15 is 0 Å². The van der Waals surface area contributed by atoms with E-state index in [2.05, 4.69) is 16.1 Å². The van der Waals surface area contributed by atoms with Gasteiger partial charge in [0.05, 0.1) is 17.7 Å². The normalized spacial score (nSPS) is 16.5. The summed E-state index contributed by atoms with van der Waals surface area (Å²) in [5.41, 5.74) is 3.12. The molecular weight excluding hydrogens is 293 g/mol. The van der Waals surface area contributed by atoms with Crippen molar-refractivity contribution in [3.63, 3.8) is 0 Å². The lowest BCUT2D eigenvalue weighted by Crippen LogP contribution is -2.17. The Morgan fingerprint density at radius 1 is 1.18 bits per heavy atom. The number of anilines is 1. The Hall–Kier alpha value is -2.68. The highest BCUT2D eigenvalue weighted by molar-refractivity contribution is 5.61. The summed E-state index contributed by atoms with van der Waals surface area (Å²) in [5, 5.41) is 12.1. The molecule has 0 radical (unpaired) electrons. The number of hydrogen-bond donors (Lipinski definition) is 1. The summed E-state index contributed by atoms with van der Waals surface area (Å²) in [6.07, 6.45) is -4.05. The van der Waals surface area contributed by atoms with Crippen LogP contribution < -0.4 is 10.1 Å². The van der Waals surface area contributed by atoms with Crippen molar-refractivity contribution in [1.82, 2.24) is 0 Å². The summed E-state index contributed by atoms with van der Waals surface area (Å²) in [7, 11) is 0. The summed E-state index contributed by atoms with van der Waals surface area (Å²) in [6, 6.07) is 13.2. The van der Waals surface area contributed by atoms with E-state index in [4.69, 9.17) is 5.26 Å². The Morgan fingerprint density at radius 2 is 2.00 bits per heavy atom. The van der Waals surface area contributed by atoms with Crippen LogP contribution in [0.15, 0.2) is 42.5 Å². The lowest BCUT2D eigenvalue weighted by Gasteiger charge is -2.14. The number of ether oxygens (including phenoxy) is 1. The van der Waals surface area contributed by atoms with Crippen molar-refractivity contribution < 1.29 is 17.9 Å². The lowest BCUT2D eigenvalue weighted by atomic mass is 10.0. The van der Waals surface area contributed by atoms with Crippen LogP contribution in [-0.4, -0.2) is 6.36 Å². The molecule has 2 aromatic carbocycles. The minimum atomic E-state index is -4.70. The van der Waals surface area contributed by atoms with Gasteiger partial charge in [-0.1, -0.05) is 18.2 Å². The van der Waals surface area contributed by atoms with Crippen LogP contribution >= 0.6 is 0 Å². The first-order valence-corrected chi connectivity index (χ1v) is 6.60. The quantitative estimate of drug-likeness (QED) is 0.906. The Bertz CT molecular complexity index is 750. The van der Waals surface area contributed by atoms with E-state index in [1.54, 1.807) is 18.2 Å². The molecule has 0 saturated heterocycles. The summed E-state index contributed by atoms with van der Waals surface area (Å²) in [4.78, 5) is 0. The molecule has 0 spiro atoms. The predicted octanol–water partition coefficient (Wildman–Crippen LogP) is 4.17. The van der Waals surface area contributed by atoms with Crippen LogP contribution in [0.2, 0.25) is 0 Å². The van der Waals surface area contributed by atoms with Crippen molar-refractivity contribution in [1.29, 1.82) is 5.26 Å². The zero-order valence-electron chi connectivity index (χ0n) is 11.3. The third-order valence-electron chi connectivity index (χ3n) is 3.49. The maximum Gasteiger partial charge on any atom is 0.573 e. The molecule has 1 unspecified atom stereocenters. The largest absolute Gasteiger partial charge is 0.573 e. The van der Waals surface area contributed by atoms with Gasteiger partial charge in [0.15, 0.2) is 0 Å². The molecule has 22 heavy (non-hydrogen) atoms. The van der Waals surface area contributed by atoms with Crippen molar-refractivity contribution in [3.05, 3.63) is 59.2 Å². The van der Waals surface area contributed by atoms with Crippen molar-refractivity contribution in [2.75, 3.05) is 5.32 Å². The molecule has 0 saturated carbocycles. The fourth-order valence-corrected chi connectivity index (χ4v) is 2.55. The molecule has 0 fully saturated rings. The number of benzene rings is 2. The number of halogens is 3. The van der Waals surface area contributed by atoms with E-state index in [1.165, 1.54) is 18.2 Å². The lowest BCUT2D eigenvalue weighted by molar-refractivity contribution is -0.274. The maximum absolute atomic E-state index is 12.3. The molecule has 0 bridgehead atoms. The number of rotatable bonds is 2. The van der Waals surface area contributed by atoms with Gasteiger partial charge in [-0.3, -0.25) is 0 Å². The van der Waals surface area contributed by atoms with E-state index < -0.39 is 6.36 Å². The second-order valence-corrected chi connectivity index (χ2v) is 5.01. The van der Waals surface area contributed by atoms with E-state index in [0.717, 1.165) is 11.3 Å². The Kier molecular flexibility index (Phi) is 3.41. The number of nitriles is 1. The van der Waals surface area contributed by atoms with Crippen LogP contribution in [-0.2, 0) is 6.42 Å². The molecule has 6 heteroatoms. The van der Waals surface area contributed by atoms with Crippen molar-refractivity contribution in [3.8, 4) is 11.8 Å². The van der Waals surface area contributed by atoms with Gasteiger partial charge >= 0.3 is 6.36 Å². The van der Waals surface area contributed by atoms with Gasteiger partial charge in [-0.2, -0.15) is 5.26 Å². The second-order valence-electron chi connectivity index (χ2n) is 5.01. The highest BCUT2D eigenvalue weighted by atomic mass is 19.4. The van der Waals surface area contributed by atoms with Gasteiger partial charge in [0.25, 0.3) is 0 Å². The Morgan fingerprint density at radius 3 is 2.73 bits per heavy atom. The summed E-state index contributed by atoms with van der Waals surface area (Å²) < 4.78 is 40.8. The van der Waals surface area contributed by atoms with Crippen molar-refractivity contribution >= 4 is 5.69 Å². The van der Waals surface area contributed by atoms with E-state index in [1.807, 2.05) is 6.07 Å². The first-order valence-electron chi connectivity index (χ1n) is 6.60. The van der Waals surface area contributed by atoms with Crippen LogP contribution in [0.4, 0.5) is 18.9 Å². The summed E-state index contributed by atoms with van der Waals surface area (Å²) in [6.45, 7) is 0. The van der Waals surface area contributed by atoms with Gasteiger partial charge in [-0.15, -0.1) is 13.2 Å². The SMILES string of the molecule is N#Cc1ccc2c(c1)NC(c1cccc(OC(F)(F)F)c1)C2. The molecular formula is C16H11F3N2O. The molecule has 0 aliphatic carbocycles.